The van der Waals surface area contributed by atoms with Gasteiger partial charge in [0.2, 0.25) is 0 Å². The number of carbonyl (C=O) groups excluding carboxylic acids is 2. The van der Waals surface area contributed by atoms with Crippen LogP contribution in [0.15, 0.2) is 48.6 Å². The number of carbonyl (C=O) groups is 2. The molecule has 1 aromatic carbocycles. The second-order valence-electron chi connectivity index (χ2n) is 6.65. The lowest BCUT2D eigenvalue weighted by Crippen LogP contribution is -2.41. The monoisotopic (exact) mass is 414 g/mol. The fourth-order valence-corrected chi connectivity index (χ4v) is 3.20. The van der Waals surface area contributed by atoms with Crippen molar-refractivity contribution in [2.45, 2.75) is 26.3 Å². The second kappa shape index (κ2) is 10.4. The van der Waals surface area contributed by atoms with Crippen LogP contribution in [0.25, 0.3) is 10.9 Å². The van der Waals surface area contributed by atoms with Crippen LogP contribution >= 0.6 is 0 Å². The molecule has 1 aromatic heterocycles. The Bertz CT molecular complexity index is 1020. The number of amides is 1. The maximum absolute atomic E-state index is 14.1. The standard InChI is InChI=1S/C23H27FN2O4/c1-6-7-8-9-10-11-12-18(23(28)30-5)25-22(27)20-15(2)26(3)21-17(20)13-16(24)14-19(21)29-4/h6-11,13-14,18H,12H2,1-5H3,(H,25,27)/b7-6-,9-8-,11-10+. The summed E-state index contributed by atoms with van der Waals surface area (Å²) in [5, 5.41) is 3.12. The second-order valence-corrected chi connectivity index (χ2v) is 6.65. The Kier molecular flexibility index (Phi) is 7.98. The molecule has 0 spiro atoms. The summed E-state index contributed by atoms with van der Waals surface area (Å²) in [5.74, 6) is -1.24. The average molecular weight is 414 g/mol. The van der Waals surface area contributed by atoms with Gasteiger partial charge >= 0.3 is 5.97 Å². The number of aryl methyl sites for hydroxylation is 1. The smallest absolute Gasteiger partial charge is 0.328 e. The van der Waals surface area contributed by atoms with Crippen LogP contribution in [-0.4, -0.2) is 36.7 Å². The van der Waals surface area contributed by atoms with Gasteiger partial charge in [-0.25, -0.2) is 9.18 Å². The van der Waals surface area contributed by atoms with Gasteiger partial charge in [0.1, 0.15) is 17.6 Å². The number of hydrogen-bond donors (Lipinski definition) is 1. The lowest BCUT2D eigenvalue weighted by molar-refractivity contribution is -0.142. The first-order chi connectivity index (χ1) is 14.3. The number of nitrogens with zero attached hydrogens (tertiary/aromatic N) is 1. The number of ether oxygens (including phenoxy) is 2. The van der Waals surface area contributed by atoms with E-state index in [1.54, 1.807) is 30.7 Å². The Balaban J connectivity index is 2.36. The third-order valence-electron chi connectivity index (χ3n) is 4.78. The van der Waals surface area contributed by atoms with Crippen LogP contribution in [0.5, 0.6) is 5.75 Å². The molecule has 0 saturated heterocycles. The van der Waals surface area contributed by atoms with E-state index in [0.29, 0.717) is 22.3 Å². The number of halogens is 1. The van der Waals surface area contributed by atoms with Crippen molar-refractivity contribution in [3.05, 3.63) is 65.7 Å². The number of rotatable bonds is 8. The van der Waals surface area contributed by atoms with Gasteiger partial charge in [0, 0.05) is 24.2 Å². The van der Waals surface area contributed by atoms with Gasteiger partial charge in [-0.2, -0.15) is 0 Å². The van der Waals surface area contributed by atoms with E-state index in [2.05, 4.69) is 5.32 Å². The minimum Gasteiger partial charge on any atom is -0.494 e. The summed E-state index contributed by atoms with van der Waals surface area (Å²) in [6.07, 6.45) is 11.2. The molecular formula is C23H27FN2O4. The van der Waals surface area contributed by atoms with E-state index in [9.17, 15) is 14.0 Å². The molecule has 1 N–H and O–H groups in total. The van der Waals surface area contributed by atoms with Crippen molar-refractivity contribution in [1.82, 2.24) is 9.88 Å². The van der Waals surface area contributed by atoms with Gasteiger partial charge in [0.25, 0.3) is 5.91 Å². The molecule has 0 radical (unpaired) electrons. The lowest BCUT2D eigenvalue weighted by atomic mass is 10.1. The number of fused-ring (bicyclic) bond motifs is 1. The Hall–Kier alpha value is -3.35. The van der Waals surface area contributed by atoms with Gasteiger partial charge in [0.05, 0.1) is 25.3 Å². The first-order valence-corrected chi connectivity index (χ1v) is 9.51. The summed E-state index contributed by atoms with van der Waals surface area (Å²) in [6.45, 7) is 3.67. The molecule has 0 aliphatic rings. The van der Waals surface area contributed by atoms with Crippen molar-refractivity contribution in [3.63, 3.8) is 0 Å². The van der Waals surface area contributed by atoms with Crippen LogP contribution in [0, 0.1) is 12.7 Å². The number of hydrogen-bond acceptors (Lipinski definition) is 4. The fourth-order valence-electron chi connectivity index (χ4n) is 3.20. The molecule has 0 fully saturated rings. The lowest BCUT2D eigenvalue weighted by Gasteiger charge is -2.15. The highest BCUT2D eigenvalue weighted by molar-refractivity contribution is 6.10. The maximum Gasteiger partial charge on any atom is 0.328 e. The number of benzene rings is 1. The molecule has 2 aromatic rings. The normalized spacial score (nSPS) is 12.9. The highest BCUT2D eigenvalue weighted by atomic mass is 19.1. The molecule has 2 rings (SSSR count). The van der Waals surface area contributed by atoms with Gasteiger partial charge in [-0.15, -0.1) is 0 Å². The molecule has 1 heterocycles. The summed E-state index contributed by atoms with van der Waals surface area (Å²) >= 11 is 0. The third-order valence-corrected chi connectivity index (χ3v) is 4.78. The van der Waals surface area contributed by atoms with Crippen LogP contribution in [-0.2, 0) is 16.6 Å². The summed E-state index contributed by atoms with van der Waals surface area (Å²) in [5.41, 5.74) is 1.51. The molecule has 0 saturated carbocycles. The molecule has 0 aliphatic carbocycles. The van der Waals surface area contributed by atoms with Crippen LogP contribution in [0.3, 0.4) is 0 Å². The molecule has 1 amide bonds. The van der Waals surface area contributed by atoms with E-state index in [0.717, 1.165) is 0 Å². The summed E-state index contributed by atoms with van der Waals surface area (Å²) < 4.78 is 26.0. The Morgan fingerprint density at radius 3 is 2.53 bits per heavy atom. The zero-order valence-electron chi connectivity index (χ0n) is 17.9. The zero-order chi connectivity index (χ0) is 22.3. The first kappa shape index (κ1) is 22.9. The number of nitrogens with one attached hydrogen (secondary N) is 1. The Morgan fingerprint density at radius 1 is 1.20 bits per heavy atom. The highest BCUT2D eigenvalue weighted by Gasteiger charge is 2.26. The molecule has 6 nitrogen and oxygen atoms in total. The highest BCUT2D eigenvalue weighted by Crippen LogP contribution is 2.33. The van der Waals surface area contributed by atoms with Crippen molar-refractivity contribution in [3.8, 4) is 5.75 Å². The van der Waals surface area contributed by atoms with Gasteiger partial charge in [-0.05, 0) is 26.3 Å². The predicted molar refractivity (Wildman–Crippen MR) is 115 cm³/mol. The van der Waals surface area contributed by atoms with E-state index in [1.165, 1.54) is 26.4 Å². The molecule has 0 aliphatic heterocycles. The summed E-state index contributed by atoms with van der Waals surface area (Å²) in [6, 6.07) is 1.69. The fraction of sp³-hybridized carbons (Fsp3) is 0.304. The van der Waals surface area contributed by atoms with Crippen LogP contribution in [0.1, 0.15) is 29.4 Å². The number of methoxy groups -OCH3 is 2. The van der Waals surface area contributed by atoms with Crippen molar-refractivity contribution < 1.29 is 23.5 Å². The molecule has 0 bridgehead atoms. The van der Waals surface area contributed by atoms with Crippen molar-refractivity contribution >= 4 is 22.8 Å². The van der Waals surface area contributed by atoms with Crippen molar-refractivity contribution in [1.29, 1.82) is 0 Å². The number of allylic oxidation sites excluding steroid dienone is 5. The third kappa shape index (κ3) is 4.97. The number of esters is 1. The summed E-state index contributed by atoms with van der Waals surface area (Å²) in [4.78, 5) is 25.2. The Morgan fingerprint density at radius 2 is 1.90 bits per heavy atom. The van der Waals surface area contributed by atoms with Gasteiger partial charge < -0.3 is 19.4 Å². The van der Waals surface area contributed by atoms with Gasteiger partial charge in [-0.3, -0.25) is 4.79 Å². The van der Waals surface area contributed by atoms with E-state index < -0.39 is 23.7 Å². The SMILES string of the molecule is C\C=C/C=C\C=C\CC(NC(=O)c1c(C)n(C)c2c(OC)cc(F)cc12)C(=O)OC. The summed E-state index contributed by atoms with van der Waals surface area (Å²) in [7, 11) is 4.48. The molecule has 1 atom stereocenters. The van der Waals surface area contributed by atoms with E-state index in [4.69, 9.17) is 9.47 Å². The van der Waals surface area contributed by atoms with Crippen molar-refractivity contribution in [2.24, 2.45) is 7.05 Å². The quantitative estimate of drug-likeness (QED) is 0.524. The minimum atomic E-state index is -0.876. The van der Waals surface area contributed by atoms with Crippen LogP contribution in [0.4, 0.5) is 4.39 Å². The van der Waals surface area contributed by atoms with E-state index in [-0.39, 0.29) is 12.0 Å². The van der Waals surface area contributed by atoms with Crippen LogP contribution in [0.2, 0.25) is 0 Å². The molecule has 1 unspecified atom stereocenters. The first-order valence-electron chi connectivity index (χ1n) is 9.51. The molecule has 7 heteroatoms. The van der Waals surface area contributed by atoms with E-state index in [1.807, 2.05) is 31.2 Å². The molecular weight excluding hydrogens is 387 g/mol. The average Bonchev–Trinajstić information content (AvgIpc) is 2.98. The van der Waals surface area contributed by atoms with E-state index >= 15 is 0 Å². The zero-order valence-corrected chi connectivity index (χ0v) is 17.9. The number of aromatic nitrogens is 1. The maximum atomic E-state index is 14.1. The largest absolute Gasteiger partial charge is 0.494 e. The van der Waals surface area contributed by atoms with Crippen LogP contribution < -0.4 is 10.1 Å². The topological polar surface area (TPSA) is 69.6 Å². The Labute approximate surface area is 175 Å². The predicted octanol–water partition coefficient (Wildman–Crippen LogP) is 3.98. The minimum absolute atomic E-state index is 0.250. The molecule has 30 heavy (non-hydrogen) atoms. The van der Waals surface area contributed by atoms with Gasteiger partial charge in [0.15, 0.2) is 0 Å². The molecule has 160 valence electrons. The van der Waals surface area contributed by atoms with Crippen molar-refractivity contribution in [2.75, 3.05) is 14.2 Å². The van der Waals surface area contributed by atoms with Gasteiger partial charge in [-0.1, -0.05) is 36.5 Å².